The summed E-state index contributed by atoms with van der Waals surface area (Å²) in [5, 5.41) is 0. The van der Waals surface area contributed by atoms with Gasteiger partial charge in [-0.2, -0.15) is 43.2 Å². The molecule has 0 saturated heterocycles. The summed E-state index contributed by atoms with van der Waals surface area (Å²) in [5.41, 5.74) is 2.70. The third kappa shape index (κ3) is 116. The molecule has 0 spiro atoms. The van der Waals surface area contributed by atoms with E-state index in [1.54, 1.807) is 48.5 Å². The molecule has 3 aliphatic carbocycles. The number of hydrogen-bond donors (Lipinski definition) is 0. The molecule has 50 heteroatoms. The summed E-state index contributed by atoms with van der Waals surface area (Å²) in [7, 11) is 0. The van der Waals surface area contributed by atoms with Crippen LogP contribution in [0, 0.1) is 35.8 Å². The summed E-state index contributed by atoms with van der Waals surface area (Å²) in [6, 6.07) is 28.7. The maximum atomic E-state index is 14.8. The first kappa shape index (κ1) is 198. The Labute approximate surface area is 1630 Å². The van der Waals surface area contributed by atoms with Gasteiger partial charge in [-0.25, -0.2) is 35.1 Å². The van der Waals surface area contributed by atoms with Crippen molar-refractivity contribution in [2.24, 2.45) is 0 Å². The normalized spacial score (nSPS) is 12.9. The Balaban J connectivity index is -0.0000000574. The number of hydrogen-bond acceptors (Lipinski definition) is 0. The Morgan fingerprint density at radius 2 is 0.543 bits per heavy atom. The molecule has 0 aromatic heterocycles. The van der Waals surface area contributed by atoms with Gasteiger partial charge in [0, 0.05) is 0 Å². The van der Waals surface area contributed by atoms with E-state index in [0.29, 0.717) is 17.0 Å². The van der Waals surface area contributed by atoms with Gasteiger partial charge in [0.05, 0.1) is 23.0 Å². The number of benzene rings is 5. The molecule has 2 atom stereocenters. The van der Waals surface area contributed by atoms with Crippen LogP contribution < -0.4 is 116 Å². The van der Waals surface area contributed by atoms with Gasteiger partial charge in [-0.1, -0.05) is 73.5 Å². The zero-order chi connectivity index (χ0) is 75.2. The van der Waals surface area contributed by atoms with Crippen molar-refractivity contribution in [3.05, 3.63) is 172 Å². The SMILES string of the molecule is Fc1ccc2c(c1F)C(F)(F)C(c1ccc(-c3cc[c-]cc3)cc1)C2.Fc1ccc2c(c1F)C(F)(F)C(c1ccc(C3CC[CH-]CC3)cc1)C2.[Rb+].[Rb+].[Rb][Rb].[Rb][Rb].[Rb][Rb].[Rb][Rb].[Rb][Rb].[Rb][Rb].[Rb][Rb].[Rb][Rb].[Rb][Rb].[Rb][Rb].[Rb][Rb].[Rb][Rb].[Rb][Rb].[Rb][Rb].[Rb][Rb].[Rb][Rb].[Rb][Rb].[Rb][Rb].[Rb][Rb].[Rb][Rb]. The van der Waals surface area contributed by atoms with Crippen LogP contribution in [0.4, 0.5) is 35.1 Å². The molecule has 0 nitrogen and oxygen atoms in total. The molecule has 1 fully saturated rings. The van der Waals surface area contributed by atoms with Crippen LogP contribution in [0.1, 0.15) is 82.4 Å². The van der Waals surface area contributed by atoms with E-state index >= 15 is 0 Å². The molecular weight excluding hydrogens is 4250 g/mol. The molecule has 0 amide bonds. The molecule has 5 aromatic rings. The van der Waals surface area contributed by atoms with Crippen molar-refractivity contribution in [1.82, 2.24) is 0 Å². The van der Waals surface area contributed by atoms with Crippen LogP contribution in [0.3, 0.4) is 0 Å². The molecule has 1 saturated carbocycles. The summed E-state index contributed by atoms with van der Waals surface area (Å²) in [4.78, 5) is 0. The third-order valence-electron chi connectivity index (χ3n) is 10.4. The molecule has 0 bridgehead atoms. The van der Waals surface area contributed by atoms with Gasteiger partial charge in [0.15, 0.2) is 23.3 Å². The van der Waals surface area contributed by atoms with Crippen LogP contribution in [0.5, 0.6) is 0 Å². The Bertz CT molecular complexity index is 2070. The van der Waals surface area contributed by atoms with E-state index < -0.39 is 58.1 Å². The van der Waals surface area contributed by atoms with Gasteiger partial charge in [0.25, 0.3) is 11.8 Å². The second-order valence-corrected chi connectivity index (χ2v) is 13.3. The predicted octanol–water partition coefficient (Wildman–Crippen LogP) is -9.10. The van der Waals surface area contributed by atoms with E-state index in [0.717, 1.165) is 1400 Å². The summed E-state index contributed by atoms with van der Waals surface area (Å²) in [6.07, 6.45) is 6.66. The Morgan fingerprint density at radius 1 is 0.315 bits per heavy atom. The number of fused-ring (bicyclic) bond motifs is 2. The Morgan fingerprint density at radius 3 is 0.804 bits per heavy atom. The molecule has 3 aliphatic rings. The average molecular weight is 4280 g/mol. The van der Waals surface area contributed by atoms with E-state index in [1.165, 1.54) is 17.7 Å². The van der Waals surface area contributed by atoms with Crippen molar-refractivity contribution in [3.8, 4) is 11.1 Å². The topological polar surface area (TPSA) is 0 Å². The Kier molecular flexibility index (Phi) is 378. The monoisotopic (exact) mass is 4250 g/mol. The van der Waals surface area contributed by atoms with Crippen LogP contribution in [0.15, 0.2) is 97.1 Å². The summed E-state index contributed by atoms with van der Waals surface area (Å²) in [6.45, 7) is 0. The zero-order valence-electron chi connectivity index (χ0n) is 68.8. The third-order valence-corrected chi connectivity index (χ3v) is 10.4. The fraction of sp³-hybridized carbons (Fsp3) is 0.262. The van der Waals surface area contributed by atoms with E-state index in [4.69, 9.17) is 0 Å². The molecule has 0 radical (unpaired) electrons. The van der Waals surface area contributed by atoms with Gasteiger partial charge in [0.1, 0.15) is 0 Å². The first-order chi connectivity index (χ1) is 44.0. The van der Waals surface area contributed by atoms with Gasteiger partial charge >= 0.3 is 1470 Å². The molecule has 0 N–H and O–H groups in total. The van der Waals surface area contributed by atoms with Gasteiger partial charge in [-0.05, 0) is 64.3 Å². The minimum atomic E-state index is -3.44. The second kappa shape index (κ2) is 175. The molecular formula is C42H32F8Rb42. The van der Waals surface area contributed by atoms with Crippen molar-refractivity contribution in [3.63, 3.8) is 0 Å². The molecule has 92 heavy (non-hydrogen) atoms. The average Bonchev–Trinajstić information content (AvgIpc) is 1.60. The van der Waals surface area contributed by atoms with Crippen LogP contribution in [0.2, 0.25) is 0 Å². The molecule has 8 rings (SSSR count). The second-order valence-electron chi connectivity index (χ2n) is 13.3. The van der Waals surface area contributed by atoms with E-state index in [9.17, 15) is 35.1 Å². The zero-order valence-corrected chi connectivity index (χ0v) is 275. The number of halogens is 8. The standard InChI is InChI=1S/C21H19F4.C21H13F4.42Rb/c2*22-18-11-10-16-12-17(21(24,25)19(16)20(18)23)15-8-6-14(7-9-15)13-4-2-1-3-5-13;;;;;;;;;;;;;;;;;;;;;;;;;;;;;;;;;;;;;;;;;;/h1,6-11,13,17H,2-5,12H2;2-11,17H,12H2;;;;;;;;;;;;;;;;;;;;;;;;;;;;;;;;;;;;;;;;;;/q2*-1;;;;;;;;;;;;;;;;;;;;;;;;;;;;;;;;;;;;;;;;;2*+1. The van der Waals surface area contributed by atoms with Crippen molar-refractivity contribution >= 4 is 1350 Å². The van der Waals surface area contributed by atoms with Crippen molar-refractivity contribution in [1.29, 1.82) is 0 Å². The van der Waals surface area contributed by atoms with Crippen LogP contribution in [0.25, 0.3) is 11.1 Å². The first-order valence-corrected chi connectivity index (χ1v) is 717. The first-order valence-electron chi connectivity index (χ1n) is 36.6. The molecule has 298 valence electrons. The van der Waals surface area contributed by atoms with Gasteiger partial charge in [-0.15, -0.1) is 5.56 Å². The molecule has 5 aromatic carbocycles. The molecule has 0 heterocycles. The number of alkyl halides is 4. The van der Waals surface area contributed by atoms with Crippen molar-refractivity contribution < 1.29 is 151 Å². The van der Waals surface area contributed by atoms with Crippen LogP contribution in [-0.2, 0) is 24.7 Å². The van der Waals surface area contributed by atoms with E-state index in [1.807, 2.05) is 24.3 Å². The van der Waals surface area contributed by atoms with Gasteiger partial charge in [0.2, 0.25) is 0 Å². The van der Waals surface area contributed by atoms with Crippen molar-refractivity contribution in [2.75, 3.05) is 0 Å². The van der Waals surface area contributed by atoms with Gasteiger partial charge in [-0.3, -0.25) is 0 Å². The Hall–Kier alpha value is 71.4. The molecule has 0 aliphatic heterocycles. The van der Waals surface area contributed by atoms with Crippen LogP contribution in [-0.4, -0.2) is 1350 Å². The van der Waals surface area contributed by atoms with E-state index in [-0.39, 0.29) is 140 Å². The maximum absolute atomic E-state index is 14.8. The summed E-state index contributed by atoms with van der Waals surface area (Å²) < 4.78 is 114. The summed E-state index contributed by atoms with van der Waals surface area (Å²) in [5.74, 6) is -14.0. The predicted molar refractivity (Wildman–Crippen MR) is 406 cm³/mol. The quantitative estimate of drug-likeness (QED) is 0.124. The van der Waals surface area contributed by atoms with E-state index in [2.05, 4.69) is 12.5 Å². The fourth-order valence-corrected chi connectivity index (χ4v) is 7.69. The summed E-state index contributed by atoms with van der Waals surface area (Å²) >= 11 is 46.4. The van der Waals surface area contributed by atoms with Crippen LogP contribution >= 0.6 is 0 Å². The van der Waals surface area contributed by atoms with Crippen molar-refractivity contribution in [2.45, 2.75) is 68.1 Å². The van der Waals surface area contributed by atoms with Gasteiger partial charge < -0.3 is 6.42 Å². The minimum absolute atomic E-state index is 0. The number of rotatable bonds is 4. The fourth-order valence-electron chi connectivity index (χ4n) is 7.69. The molecule has 2 unspecified atom stereocenters.